The predicted molar refractivity (Wildman–Crippen MR) is 143 cm³/mol. The zero-order valence-corrected chi connectivity index (χ0v) is 22.4. The topological polar surface area (TPSA) is 83.5 Å². The van der Waals surface area contributed by atoms with Crippen molar-refractivity contribution in [1.29, 1.82) is 0 Å². The molecular weight excluding hydrogens is 426 g/mol. The van der Waals surface area contributed by atoms with E-state index >= 15 is 0 Å². The Hall–Kier alpha value is -2.79. The third-order valence-corrected chi connectivity index (χ3v) is 4.91. The van der Waals surface area contributed by atoms with Crippen molar-refractivity contribution in [2.24, 2.45) is 5.92 Å². The lowest BCUT2D eigenvalue weighted by Crippen LogP contribution is -2.32. The van der Waals surface area contributed by atoms with E-state index in [-0.39, 0.29) is 11.7 Å². The first-order valence-corrected chi connectivity index (χ1v) is 12.2. The van der Waals surface area contributed by atoms with Gasteiger partial charge in [0.25, 0.3) is 0 Å². The van der Waals surface area contributed by atoms with Gasteiger partial charge in [0.15, 0.2) is 11.6 Å². The van der Waals surface area contributed by atoms with Crippen LogP contribution >= 0.6 is 0 Å². The molecule has 2 rings (SSSR count). The van der Waals surface area contributed by atoms with Crippen LogP contribution in [0.25, 0.3) is 11.1 Å². The van der Waals surface area contributed by atoms with Gasteiger partial charge in [0, 0.05) is 12.6 Å². The van der Waals surface area contributed by atoms with Crippen molar-refractivity contribution >= 4 is 17.5 Å². The maximum atomic E-state index is 11.1. The largest absolute Gasteiger partial charge is 0.389 e. The molecule has 2 aromatic carbocycles. The summed E-state index contributed by atoms with van der Waals surface area (Å²) in [6.45, 7) is 13.0. The van der Waals surface area contributed by atoms with Gasteiger partial charge in [-0.3, -0.25) is 14.4 Å². The average molecular weight is 472 g/mol. The van der Waals surface area contributed by atoms with Crippen LogP contribution in [0.1, 0.15) is 83.1 Å². The van der Waals surface area contributed by atoms with E-state index in [1.54, 1.807) is 6.92 Å². The van der Waals surface area contributed by atoms with Crippen LogP contribution in [0, 0.1) is 12.8 Å². The second kappa shape index (κ2) is 20.8. The Bertz CT molecular complexity index is 791. The molecule has 0 aliphatic carbocycles. The Balaban J connectivity index is 0. The summed E-state index contributed by atoms with van der Waals surface area (Å²) >= 11 is 0. The molecule has 0 fully saturated rings. The van der Waals surface area contributed by atoms with Crippen LogP contribution < -0.4 is 5.32 Å². The molecular formula is C29H45NO4. The van der Waals surface area contributed by atoms with Crippen LogP contribution in [0.4, 0.5) is 0 Å². The van der Waals surface area contributed by atoms with Crippen LogP contribution in [0.5, 0.6) is 0 Å². The molecule has 1 atom stereocenters. The van der Waals surface area contributed by atoms with Gasteiger partial charge in [-0.05, 0) is 31.9 Å². The van der Waals surface area contributed by atoms with Gasteiger partial charge in [-0.25, -0.2) is 0 Å². The lowest BCUT2D eigenvalue weighted by molar-refractivity contribution is -0.134. The van der Waals surface area contributed by atoms with Gasteiger partial charge in [-0.15, -0.1) is 0 Å². The number of amides is 1. The van der Waals surface area contributed by atoms with Gasteiger partial charge in [0.05, 0.1) is 5.92 Å². The molecule has 2 aromatic rings. The second-order valence-electron chi connectivity index (χ2n) is 7.67. The zero-order chi connectivity index (χ0) is 26.5. The van der Waals surface area contributed by atoms with Crippen molar-refractivity contribution in [1.82, 2.24) is 5.32 Å². The molecule has 0 heterocycles. The highest BCUT2D eigenvalue weighted by Gasteiger charge is 2.18. The summed E-state index contributed by atoms with van der Waals surface area (Å²) in [6.07, 6.45) is 5.54. The number of unbranched alkanes of at least 4 members (excludes halogenated alkanes) is 3. The first-order valence-electron chi connectivity index (χ1n) is 12.2. The minimum absolute atomic E-state index is 0.107. The number of rotatable bonds is 8. The SMILES string of the molecule is CC.CC(=O)c1ccc(-c2ccc(C)cc2)cc1.CCCCCC.CNC(=O)C(C)C(=O)CO. The molecule has 1 unspecified atom stereocenters. The van der Waals surface area contributed by atoms with E-state index in [1.165, 1.54) is 50.8 Å². The monoisotopic (exact) mass is 471 g/mol. The fourth-order valence-corrected chi connectivity index (χ4v) is 2.64. The summed E-state index contributed by atoms with van der Waals surface area (Å²) < 4.78 is 0. The highest BCUT2D eigenvalue weighted by Crippen LogP contribution is 2.20. The number of hydrogen-bond donors (Lipinski definition) is 2. The molecule has 0 saturated heterocycles. The Morgan fingerprint density at radius 3 is 1.59 bits per heavy atom. The van der Waals surface area contributed by atoms with E-state index in [1.807, 2.05) is 38.1 Å². The first-order chi connectivity index (χ1) is 16.2. The van der Waals surface area contributed by atoms with Crippen molar-refractivity contribution in [3.05, 3.63) is 59.7 Å². The lowest BCUT2D eigenvalue weighted by Gasteiger charge is -2.04. The third kappa shape index (κ3) is 14.4. The van der Waals surface area contributed by atoms with Crippen molar-refractivity contribution in [3.63, 3.8) is 0 Å². The summed E-state index contributed by atoms with van der Waals surface area (Å²) in [5, 5.41) is 10.6. The molecule has 2 N–H and O–H groups in total. The highest BCUT2D eigenvalue weighted by molar-refractivity contribution is 6.01. The third-order valence-electron chi connectivity index (χ3n) is 4.91. The molecule has 0 aliphatic rings. The van der Waals surface area contributed by atoms with E-state index in [0.717, 1.165) is 11.1 Å². The zero-order valence-electron chi connectivity index (χ0n) is 22.4. The van der Waals surface area contributed by atoms with Crippen LogP contribution in [0.2, 0.25) is 0 Å². The summed E-state index contributed by atoms with van der Waals surface area (Å²) in [5.74, 6) is -1.45. The summed E-state index contributed by atoms with van der Waals surface area (Å²) in [7, 11) is 1.45. The fraction of sp³-hybridized carbons (Fsp3) is 0.483. The molecule has 0 aromatic heterocycles. The number of carbonyl (C=O) groups excluding carboxylic acids is 3. The van der Waals surface area contributed by atoms with Gasteiger partial charge in [-0.2, -0.15) is 0 Å². The minimum Gasteiger partial charge on any atom is -0.389 e. The highest BCUT2D eigenvalue weighted by atomic mass is 16.3. The van der Waals surface area contributed by atoms with Crippen LogP contribution in [-0.4, -0.2) is 36.2 Å². The summed E-state index contributed by atoms with van der Waals surface area (Å²) in [4.78, 5) is 32.4. The molecule has 5 heteroatoms. The Morgan fingerprint density at radius 2 is 1.26 bits per heavy atom. The van der Waals surface area contributed by atoms with E-state index in [2.05, 4.69) is 50.4 Å². The van der Waals surface area contributed by atoms with Gasteiger partial charge in [0.2, 0.25) is 5.91 Å². The molecule has 0 spiro atoms. The van der Waals surface area contributed by atoms with E-state index in [0.29, 0.717) is 0 Å². The maximum absolute atomic E-state index is 11.1. The normalized spacial score (nSPS) is 10.1. The Morgan fingerprint density at radius 1 is 0.853 bits per heavy atom. The molecule has 190 valence electrons. The lowest BCUT2D eigenvalue weighted by atomic mass is 10.0. The Labute approximate surface area is 207 Å². The van der Waals surface area contributed by atoms with E-state index in [9.17, 15) is 14.4 Å². The predicted octanol–water partition coefficient (Wildman–Crippen LogP) is 6.41. The van der Waals surface area contributed by atoms with E-state index in [4.69, 9.17) is 5.11 Å². The first kappa shape index (κ1) is 33.4. The molecule has 0 aliphatic heterocycles. The average Bonchev–Trinajstić information content (AvgIpc) is 2.88. The van der Waals surface area contributed by atoms with Gasteiger partial charge >= 0.3 is 0 Å². The number of Topliss-reactive ketones (excluding diaryl/α,β-unsaturated/α-hetero) is 2. The minimum atomic E-state index is -0.741. The van der Waals surface area contributed by atoms with Gasteiger partial charge < -0.3 is 10.4 Å². The van der Waals surface area contributed by atoms with Crippen molar-refractivity contribution in [2.75, 3.05) is 13.7 Å². The van der Waals surface area contributed by atoms with Crippen molar-refractivity contribution in [2.45, 2.75) is 74.1 Å². The van der Waals surface area contributed by atoms with Crippen LogP contribution in [0.3, 0.4) is 0 Å². The number of nitrogens with one attached hydrogen (secondary N) is 1. The standard InChI is InChI=1S/C15H14O.C6H11NO3.C6H14.C2H6/c1-11-3-5-14(6-4-11)15-9-7-13(8-10-15)12(2)16;1-4(5(9)3-8)6(10)7-2;1-3-5-6-4-2;1-2/h3-10H,1-2H3;4,8H,3H2,1-2H3,(H,7,10);3-6H2,1-2H3;1-2H3. The van der Waals surface area contributed by atoms with Gasteiger partial charge in [0.1, 0.15) is 6.61 Å². The number of carbonyl (C=O) groups is 3. The van der Waals surface area contributed by atoms with Gasteiger partial charge in [-0.1, -0.05) is 107 Å². The maximum Gasteiger partial charge on any atom is 0.230 e. The van der Waals surface area contributed by atoms with Crippen molar-refractivity contribution < 1.29 is 19.5 Å². The molecule has 0 radical (unpaired) electrons. The quantitative estimate of drug-likeness (QED) is 0.265. The number of benzene rings is 2. The number of hydrogen-bond acceptors (Lipinski definition) is 4. The van der Waals surface area contributed by atoms with Crippen LogP contribution in [0.15, 0.2) is 48.5 Å². The summed E-state index contributed by atoms with van der Waals surface area (Å²) in [5.41, 5.74) is 4.34. The van der Waals surface area contributed by atoms with E-state index < -0.39 is 18.3 Å². The van der Waals surface area contributed by atoms with Crippen molar-refractivity contribution in [3.8, 4) is 11.1 Å². The molecule has 34 heavy (non-hydrogen) atoms. The molecule has 0 bridgehead atoms. The Kier molecular flexibility index (Phi) is 20.4. The molecule has 1 amide bonds. The molecule has 5 nitrogen and oxygen atoms in total. The number of aliphatic hydroxyl groups excluding tert-OH is 1. The fourth-order valence-electron chi connectivity index (χ4n) is 2.64. The number of ketones is 2. The van der Waals surface area contributed by atoms with Crippen LogP contribution in [-0.2, 0) is 9.59 Å². The number of aryl methyl sites for hydroxylation is 1. The second-order valence-corrected chi connectivity index (χ2v) is 7.67. The number of aliphatic hydroxyl groups is 1. The molecule has 0 saturated carbocycles. The smallest absolute Gasteiger partial charge is 0.230 e. The summed E-state index contributed by atoms with van der Waals surface area (Å²) in [6, 6.07) is 16.1.